The summed E-state index contributed by atoms with van der Waals surface area (Å²) in [7, 11) is 0. The SMILES string of the molecule is CCNCc1cccc(F)c1N(CC(N)=O)C(C)C. The van der Waals surface area contributed by atoms with Crippen molar-refractivity contribution in [1.82, 2.24) is 5.32 Å². The number of carbonyl (C=O) groups excluding carboxylic acids is 1. The molecule has 106 valence electrons. The molecule has 1 aromatic rings. The molecule has 0 spiro atoms. The van der Waals surface area contributed by atoms with Crippen LogP contribution in [0.2, 0.25) is 0 Å². The Labute approximate surface area is 113 Å². The van der Waals surface area contributed by atoms with Crippen LogP contribution in [0.4, 0.5) is 10.1 Å². The summed E-state index contributed by atoms with van der Waals surface area (Å²) in [4.78, 5) is 12.9. The maximum atomic E-state index is 14.1. The highest BCUT2D eigenvalue weighted by atomic mass is 19.1. The summed E-state index contributed by atoms with van der Waals surface area (Å²) in [5.41, 5.74) is 6.54. The van der Waals surface area contributed by atoms with Gasteiger partial charge in [0.15, 0.2) is 0 Å². The summed E-state index contributed by atoms with van der Waals surface area (Å²) in [5, 5.41) is 3.17. The average molecular weight is 267 g/mol. The first-order valence-electron chi connectivity index (χ1n) is 6.50. The molecule has 3 N–H and O–H groups in total. The van der Waals surface area contributed by atoms with Crippen LogP contribution in [0, 0.1) is 5.82 Å². The second-order valence-corrected chi connectivity index (χ2v) is 4.72. The van der Waals surface area contributed by atoms with Crippen molar-refractivity contribution in [2.45, 2.75) is 33.4 Å². The van der Waals surface area contributed by atoms with Crippen molar-refractivity contribution in [3.8, 4) is 0 Å². The third kappa shape index (κ3) is 4.21. The fourth-order valence-electron chi connectivity index (χ4n) is 1.97. The molecule has 5 heteroatoms. The number of amides is 1. The summed E-state index contributed by atoms with van der Waals surface area (Å²) in [5.74, 6) is -0.795. The lowest BCUT2D eigenvalue weighted by atomic mass is 10.1. The standard InChI is InChI=1S/C14H22FN3O/c1-4-17-8-11-6-5-7-12(15)14(11)18(10(2)3)9-13(16)19/h5-7,10,17H,4,8-9H2,1-3H3,(H2,16,19). The van der Waals surface area contributed by atoms with E-state index in [-0.39, 0.29) is 18.4 Å². The Balaban J connectivity index is 3.15. The van der Waals surface area contributed by atoms with Crippen LogP contribution in [0.25, 0.3) is 0 Å². The highest BCUT2D eigenvalue weighted by Crippen LogP contribution is 2.26. The van der Waals surface area contributed by atoms with Crippen LogP contribution in [0.1, 0.15) is 26.3 Å². The van der Waals surface area contributed by atoms with Crippen LogP contribution in [-0.4, -0.2) is 25.0 Å². The summed E-state index contributed by atoms with van der Waals surface area (Å²) < 4.78 is 14.1. The van der Waals surface area contributed by atoms with Crippen LogP contribution in [0.5, 0.6) is 0 Å². The zero-order chi connectivity index (χ0) is 14.4. The van der Waals surface area contributed by atoms with Crippen LogP contribution < -0.4 is 16.0 Å². The van der Waals surface area contributed by atoms with Gasteiger partial charge in [0.1, 0.15) is 5.82 Å². The van der Waals surface area contributed by atoms with Gasteiger partial charge in [0.25, 0.3) is 0 Å². The predicted octanol–water partition coefficient (Wildman–Crippen LogP) is 1.64. The maximum absolute atomic E-state index is 14.1. The van der Waals surface area contributed by atoms with Gasteiger partial charge in [0, 0.05) is 12.6 Å². The molecule has 0 aromatic heterocycles. The van der Waals surface area contributed by atoms with Gasteiger partial charge in [-0.05, 0) is 32.0 Å². The van der Waals surface area contributed by atoms with Crippen molar-refractivity contribution in [3.63, 3.8) is 0 Å². The van der Waals surface area contributed by atoms with Crippen molar-refractivity contribution >= 4 is 11.6 Å². The first kappa shape index (κ1) is 15.4. The lowest BCUT2D eigenvalue weighted by molar-refractivity contribution is -0.116. The minimum Gasteiger partial charge on any atom is -0.368 e. The number of hydrogen-bond donors (Lipinski definition) is 2. The smallest absolute Gasteiger partial charge is 0.236 e. The fraction of sp³-hybridized carbons (Fsp3) is 0.500. The first-order valence-corrected chi connectivity index (χ1v) is 6.50. The van der Waals surface area contributed by atoms with Gasteiger partial charge >= 0.3 is 0 Å². The van der Waals surface area contributed by atoms with Crippen LogP contribution in [-0.2, 0) is 11.3 Å². The van der Waals surface area contributed by atoms with Crippen LogP contribution in [0.3, 0.4) is 0 Å². The van der Waals surface area contributed by atoms with Crippen molar-refractivity contribution in [2.24, 2.45) is 5.73 Å². The molecule has 0 aliphatic heterocycles. The molecule has 0 heterocycles. The highest BCUT2D eigenvalue weighted by molar-refractivity contribution is 5.80. The molecule has 1 rings (SSSR count). The van der Waals surface area contributed by atoms with Crippen molar-refractivity contribution in [2.75, 3.05) is 18.0 Å². The Kier molecular flexibility index (Phi) is 5.76. The van der Waals surface area contributed by atoms with Crippen molar-refractivity contribution < 1.29 is 9.18 Å². The minimum absolute atomic E-state index is 0.00947. The van der Waals surface area contributed by atoms with Gasteiger partial charge in [0.2, 0.25) is 5.91 Å². The van der Waals surface area contributed by atoms with E-state index in [0.29, 0.717) is 12.2 Å². The minimum atomic E-state index is -0.466. The number of nitrogens with zero attached hydrogens (tertiary/aromatic N) is 1. The molecule has 1 amide bonds. The molecule has 1 aromatic carbocycles. The molecular formula is C14H22FN3O. The molecule has 0 aliphatic carbocycles. The van der Waals surface area contributed by atoms with Gasteiger partial charge in [-0.15, -0.1) is 0 Å². The number of benzene rings is 1. The van der Waals surface area contributed by atoms with Crippen molar-refractivity contribution in [1.29, 1.82) is 0 Å². The predicted molar refractivity (Wildman–Crippen MR) is 75.5 cm³/mol. The number of nitrogens with two attached hydrogens (primary N) is 1. The Morgan fingerprint density at radius 2 is 2.16 bits per heavy atom. The molecule has 0 bridgehead atoms. The summed E-state index contributed by atoms with van der Waals surface area (Å²) in [6.07, 6.45) is 0. The van der Waals surface area contributed by atoms with Crippen molar-refractivity contribution in [3.05, 3.63) is 29.6 Å². The molecule has 0 saturated carbocycles. The number of primary amides is 1. The number of para-hydroxylation sites is 1. The monoisotopic (exact) mass is 267 g/mol. The quantitative estimate of drug-likeness (QED) is 0.789. The number of rotatable bonds is 7. The van der Waals surface area contributed by atoms with Crippen LogP contribution >= 0.6 is 0 Å². The van der Waals surface area contributed by atoms with E-state index in [1.54, 1.807) is 11.0 Å². The number of nitrogens with one attached hydrogen (secondary N) is 1. The molecule has 19 heavy (non-hydrogen) atoms. The highest BCUT2D eigenvalue weighted by Gasteiger charge is 2.20. The number of carbonyl (C=O) groups is 1. The van der Waals surface area contributed by atoms with Gasteiger partial charge in [-0.3, -0.25) is 4.79 Å². The second-order valence-electron chi connectivity index (χ2n) is 4.72. The van der Waals surface area contributed by atoms with E-state index in [2.05, 4.69) is 5.32 Å². The van der Waals surface area contributed by atoms with E-state index >= 15 is 0 Å². The third-order valence-electron chi connectivity index (χ3n) is 2.87. The molecule has 0 aliphatic rings. The summed E-state index contributed by atoms with van der Waals surface area (Å²) in [6, 6.07) is 4.93. The topological polar surface area (TPSA) is 58.4 Å². The molecular weight excluding hydrogens is 245 g/mol. The normalized spacial score (nSPS) is 10.8. The van der Waals surface area contributed by atoms with E-state index in [0.717, 1.165) is 12.1 Å². The summed E-state index contributed by atoms with van der Waals surface area (Å²) >= 11 is 0. The molecule has 0 fully saturated rings. The second kappa shape index (κ2) is 7.09. The van der Waals surface area contributed by atoms with Gasteiger partial charge in [-0.1, -0.05) is 19.1 Å². The first-order chi connectivity index (χ1) is 8.97. The molecule has 0 radical (unpaired) electrons. The van der Waals surface area contributed by atoms with Crippen LogP contribution in [0.15, 0.2) is 18.2 Å². The van der Waals surface area contributed by atoms with E-state index in [4.69, 9.17) is 5.73 Å². The zero-order valence-electron chi connectivity index (χ0n) is 11.7. The lowest BCUT2D eigenvalue weighted by Gasteiger charge is -2.30. The fourth-order valence-corrected chi connectivity index (χ4v) is 1.97. The number of anilines is 1. The number of hydrogen-bond acceptors (Lipinski definition) is 3. The molecule has 0 atom stereocenters. The van der Waals surface area contributed by atoms with E-state index in [9.17, 15) is 9.18 Å². The van der Waals surface area contributed by atoms with Gasteiger partial charge in [-0.2, -0.15) is 0 Å². The van der Waals surface area contributed by atoms with E-state index < -0.39 is 5.91 Å². The Morgan fingerprint density at radius 3 is 2.68 bits per heavy atom. The van der Waals surface area contributed by atoms with Gasteiger partial charge < -0.3 is 16.0 Å². The van der Waals surface area contributed by atoms with E-state index in [1.807, 2.05) is 26.8 Å². The lowest BCUT2D eigenvalue weighted by Crippen LogP contribution is -2.40. The van der Waals surface area contributed by atoms with Gasteiger partial charge in [0.05, 0.1) is 12.2 Å². The number of halogens is 1. The Morgan fingerprint density at radius 1 is 1.47 bits per heavy atom. The molecule has 0 saturated heterocycles. The Hall–Kier alpha value is -1.62. The summed E-state index contributed by atoms with van der Waals surface area (Å²) in [6.45, 7) is 7.18. The average Bonchev–Trinajstić information content (AvgIpc) is 2.33. The zero-order valence-corrected chi connectivity index (χ0v) is 11.7. The molecule has 0 unspecified atom stereocenters. The third-order valence-corrected chi connectivity index (χ3v) is 2.87. The van der Waals surface area contributed by atoms with E-state index in [1.165, 1.54) is 6.07 Å². The molecule has 4 nitrogen and oxygen atoms in total. The Bertz CT molecular complexity index is 435. The maximum Gasteiger partial charge on any atom is 0.236 e. The largest absolute Gasteiger partial charge is 0.368 e. The van der Waals surface area contributed by atoms with Gasteiger partial charge in [-0.25, -0.2) is 4.39 Å².